The molecule has 0 radical (unpaired) electrons. The molecule has 16 nitrogen and oxygen atoms in total. The molecule has 6 bridgehead atoms. The molecule has 4 atom stereocenters. The number of ether oxygens (including phenoxy) is 3. The third-order valence-electron chi connectivity index (χ3n) is 12.4. The number of pyridine rings is 1. The number of urea groups is 1. The maximum absolute atomic E-state index is 14.5. The van der Waals surface area contributed by atoms with E-state index in [1.54, 1.807) is 20.4 Å². The average molecular weight is 887 g/mol. The van der Waals surface area contributed by atoms with E-state index in [1.165, 1.54) is 33.3 Å². The SMILES string of the molecule is CCn1c(-c2cccnc2[C@H](C)OC)c2c3cc(ccc31)-c1csc(n1)C[C@H](NC(=O)[C@H](C(C)C)N(C)C(=O)N1CC(O)(COC)C1)C(=O)N1CCC[C@H](N1)C(=O)OCC(C)(C)C2. The van der Waals surface area contributed by atoms with Crippen molar-refractivity contribution in [3.63, 3.8) is 0 Å². The van der Waals surface area contributed by atoms with Crippen LogP contribution in [0.3, 0.4) is 0 Å². The zero-order valence-electron chi connectivity index (χ0n) is 37.9. The second-order valence-electron chi connectivity index (χ2n) is 18.4. The molecule has 4 amide bonds. The quantitative estimate of drug-likeness (QED) is 0.183. The number of cyclic esters (lactones) is 1. The number of β-amino-alcohol motifs (C(OH)–C–C–N with tert-alkyl or cyclic N) is 1. The van der Waals surface area contributed by atoms with Gasteiger partial charge in [-0.05, 0) is 68.9 Å². The van der Waals surface area contributed by atoms with Crippen molar-refractivity contribution in [2.45, 2.75) is 104 Å². The number of aliphatic hydroxyl groups is 1. The summed E-state index contributed by atoms with van der Waals surface area (Å²) in [5, 5.41) is 18.7. The molecule has 1 aromatic carbocycles. The van der Waals surface area contributed by atoms with Gasteiger partial charge in [0.2, 0.25) is 5.91 Å². The summed E-state index contributed by atoms with van der Waals surface area (Å²) in [5.41, 5.74) is 8.09. The molecule has 4 aromatic rings. The van der Waals surface area contributed by atoms with Crippen molar-refractivity contribution in [2.24, 2.45) is 11.3 Å². The highest BCUT2D eigenvalue weighted by molar-refractivity contribution is 7.10. The molecule has 0 aliphatic carbocycles. The van der Waals surface area contributed by atoms with Gasteiger partial charge < -0.3 is 39.0 Å². The number of amides is 4. The lowest BCUT2D eigenvalue weighted by atomic mass is 9.84. The van der Waals surface area contributed by atoms with E-state index in [9.17, 15) is 24.3 Å². The Bertz CT molecular complexity index is 2340. The molecule has 3 aromatic heterocycles. The fourth-order valence-corrected chi connectivity index (χ4v) is 10.1. The molecule has 2 fully saturated rings. The van der Waals surface area contributed by atoms with Crippen molar-refractivity contribution in [1.29, 1.82) is 0 Å². The predicted octanol–water partition coefficient (Wildman–Crippen LogP) is 4.97. The Hall–Kier alpha value is -4.94. The van der Waals surface area contributed by atoms with Crippen LogP contribution in [0.5, 0.6) is 0 Å². The summed E-state index contributed by atoms with van der Waals surface area (Å²) in [6, 6.07) is 7.15. The van der Waals surface area contributed by atoms with Crippen molar-refractivity contribution in [2.75, 3.05) is 54.1 Å². The third kappa shape index (κ3) is 9.48. The molecule has 63 heavy (non-hydrogen) atoms. The van der Waals surface area contributed by atoms with E-state index in [0.29, 0.717) is 37.4 Å². The van der Waals surface area contributed by atoms with Crippen molar-refractivity contribution in [3.8, 4) is 22.5 Å². The van der Waals surface area contributed by atoms with Crippen LogP contribution in [0, 0.1) is 11.3 Å². The second kappa shape index (κ2) is 18.6. The van der Waals surface area contributed by atoms with Crippen molar-refractivity contribution in [3.05, 3.63) is 58.2 Å². The van der Waals surface area contributed by atoms with Gasteiger partial charge in [-0.3, -0.25) is 24.4 Å². The number of esters is 1. The summed E-state index contributed by atoms with van der Waals surface area (Å²) in [7, 11) is 4.72. The number of carbonyl (C=O) groups is 4. The van der Waals surface area contributed by atoms with Crippen LogP contribution in [0.4, 0.5) is 4.79 Å². The molecule has 6 heterocycles. The minimum Gasteiger partial charge on any atom is -0.464 e. The fourth-order valence-electron chi connectivity index (χ4n) is 9.25. The van der Waals surface area contributed by atoms with E-state index in [4.69, 9.17) is 24.2 Å². The van der Waals surface area contributed by atoms with Crippen LogP contribution in [0.25, 0.3) is 33.4 Å². The smallest absolute Gasteiger partial charge is 0.324 e. The molecule has 7 rings (SSSR count). The zero-order chi connectivity index (χ0) is 45.4. The Morgan fingerprint density at radius 2 is 1.92 bits per heavy atom. The van der Waals surface area contributed by atoms with Gasteiger partial charge >= 0.3 is 12.0 Å². The van der Waals surface area contributed by atoms with E-state index < -0.39 is 53.0 Å². The molecule has 3 aliphatic rings. The van der Waals surface area contributed by atoms with Crippen LogP contribution in [-0.4, -0.2) is 136 Å². The van der Waals surface area contributed by atoms with Crippen molar-refractivity contribution in [1.82, 2.24) is 40.1 Å². The monoisotopic (exact) mass is 886 g/mol. The molecule has 17 heteroatoms. The first kappa shape index (κ1) is 46.1. The topological polar surface area (TPSA) is 181 Å². The molecule has 340 valence electrons. The maximum Gasteiger partial charge on any atom is 0.324 e. The summed E-state index contributed by atoms with van der Waals surface area (Å²) in [5.74, 6) is -1.73. The molecule has 2 saturated heterocycles. The van der Waals surface area contributed by atoms with Crippen molar-refractivity contribution < 1.29 is 38.5 Å². The molecule has 3 aliphatic heterocycles. The summed E-state index contributed by atoms with van der Waals surface area (Å²) in [4.78, 5) is 69.0. The van der Waals surface area contributed by atoms with E-state index in [1.807, 2.05) is 32.2 Å². The van der Waals surface area contributed by atoms with Gasteiger partial charge in [-0.15, -0.1) is 11.3 Å². The summed E-state index contributed by atoms with van der Waals surface area (Å²) < 4.78 is 19.3. The number of methoxy groups -OCH3 is 2. The van der Waals surface area contributed by atoms with Gasteiger partial charge in [0, 0.05) is 79.8 Å². The van der Waals surface area contributed by atoms with Crippen LogP contribution in [0.1, 0.15) is 76.8 Å². The van der Waals surface area contributed by atoms with Gasteiger partial charge in [0.25, 0.3) is 5.91 Å². The van der Waals surface area contributed by atoms with Gasteiger partial charge in [0.1, 0.15) is 23.7 Å². The molecular weight excluding hydrogens is 825 g/mol. The van der Waals surface area contributed by atoms with Gasteiger partial charge in [0.05, 0.1) is 54.5 Å². The summed E-state index contributed by atoms with van der Waals surface area (Å²) in [6.07, 6.45) is 3.18. The first-order chi connectivity index (χ1) is 30.0. The number of hydrazine groups is 1. The van der Waals surface area contributed by atoms with Gasteiger partial charge in [-0.2, -0.15) is 0 Å². The Morgan fingerprint density at radius 1 is 1.16 bits per heavy atom. The number of thiazole rings is 1. The number of rotatable bonds is 10. The standard InChI is InChI=1S/C46H62N8O8S/c1-10-53-36-16-15-29-19-31(36)32(40(53)30-13-11-17-47-38(30)28(4)61-9)21-45(5,6)25-62-43(57)33-14-12-18-54(50-33)42(56)34(20-37-48-35(29)22-63-37)49-41(55)39(27(2)3)51(7)44(58)52-23-46(59,24-52)26-60-8/h11,13,15-17,19,22,27-28,33-34,39,50,59H,10,12,14,18,20-21,23-26H2,1-9H3,(H,49,55)/t28-,33-,34-,39-/m0/s1. The Kier molecular flexibility index (Phi) is 13.6. The number of fused-ring (bicyclic) bond motifs is 6. The van der Waals surface area contributed by atoms with Crippen LogP contribution in [0.15, 0.2) is 41.9 Å². The van der Waals surface area contributed by atoms with Gasteiger partial charge in [-0.25, -0.2) is 15.2 Å². The number of likely N-dealkylation sites (tertiary alicyclic amines) is 1. The zero-order valence-corrected chi connectivity index (χ0v) is 38.7. The largest absolute Gasteiger partial charge is 0.464 e. The van der Waals surface area contributed by atoms with E-state index >= 15 is 0 Å². The van der Waals surface area contributed by atoms with Crippen LogP contribution in [0.2, 0.25) is 0 Å². The van der Waals surface area contributed by atoms with Gasteiger partial charge in [0.15, 0.2) is 0 Å². The summed E-state index contributed by atoms with van der Waals surface area (Å²) >= 11 is 1.40. The predicted molar refractivity (Wildman–Crippen MR) is 240 cm³/mol. The maximum atomic E-state index is 14.5. The fraction of sp³-hybridized carbons (Fsp3) is 0.565. The van der Waals surface area contributed by atoms with Crippen LogP contribution >= 0.6 is 11.3 Å². The lowest BCUT2D eigenvalue weighted by molar-refractivity contribution is -0.155. The number of aryl methyl sites for hydroxylation is 1. The third-order valence-corrected chi connectivity index (χ3v) is 13.3. The molecule has 0 unspecified atom stereocenters. The van der Waals surface area contributed by atoms with E-state index in [-0.39, 0.29) is 44.7 Å². The average Bonchev–Trinajstić information content (AvgIpc) is 3.84. The molecular formula is C46H62N8O8S. The van der Waals surface area contributed by atoms with Crippen molar-refractivity contribution >= 4 is 46.1 Å². The first-order valence-electron chi connectivity index (χ1n) is 21.8. The Balaban J connectivity index is 1.27. The number of nitrogens with one attached hydrogen (secondary N) is 2. The highest BCUT2D eigenvalue weighted by atomic mass is 32.1. The minimum atomic E-state index is -1.14. The Morgan fingerprint density at radius 3 is 2.62 bits per heavy atom. The second-order valence-corrected chi connectivity index (χ2v) is 19.3. The number of likely N-dealkylation sites (N-methyl/N-ethyl adjacent to an activating group) is 1. The highest BCUT2D eigenvalue weighted by Gasteiger charge is 2.46. The van der Waals surface area contributed by atoms with Gasteiger partial charge in [-0.1, -0.05) is 33.8 Å². The normalized spacial score (nSPS) is 21.1. The summed E-state index contributed by atoms with van der Waals surface area (Å²) in [6.45, 7) is 13.3. The van der Waals surface area contributed by atoms with Crippen LogP contribution in [-0.2, 0) is 48.0 Å². The number of carbonyl (C=O) groups excluding carboxylic acids is 4. The van der Waals surface area contributed by atoms with E-state index in [2.05, 4.69) is 60.3 Å². The lowest BCUT2D eigenvalue weighted by Crippen LogP contribution is -2.69. The molecule has 0 spiro atoms. The Labute approximate surface area is 373 Å². The lowest BCUT2D eigenvalue weighted by Gasteiger charge is -2.48. The van der Waals surface area contributed by atoms with E-state index in [0.717, 1.165) is 44.7 Å². The van der Waals surface area contributed by atoms with Crippen LogP contribution < -0.4 is 10.7 Å². The number of hydrogen-bond acceptors (Lipinski definition) is 12. The molecule has 3 N–H and O–H groups in total. The highest BCUT2D eigenvalue weighted by Crippen LogP contribution is 2.42. The number of nitrogens with zero attached hydrogens (tertiary/aromatic N) is 6. The first-order valence-corrected chi connectivity index (χ1v) is 22.7. The number of hydrogen-bond donors (Lipinski definition) is 3. The number of benzene rings is 1. The minimum absolute atomic E-state index is 0.0701. The molecule has 0 saturated carbocycles. The number of aromatic nitrogens is 3.